The predicted molar refractivity (Wildman–Crippen MR) is 48.8 cm³/mol. The molecule has 0 N–H and O–H groups in total. The van der Waals surface area contributed by atoms with E-state index < -0.39 is 11.8 Å². The summed E-state index contributed by atoms with van der Waals surface area (Å²) >= 11 is 5.75. The van der Waals surface area contributed by atoms with E-state index in [0.717, 1.165) is 5.56 Å². The summed E-state index contributed by atoms with van der Waals surface area (Å²) in [4.78, 5) is 0. The number of benzene rings is 1. The molecule has 0 saturated heterocycles. The average Bonchev–Trinajstić information content (AvgIpc) is 2.88. The van der Waals surface area contributed by atoms with E-state index in [2.05, 4.69) is 10.2 Å². The van der Waals surface area contributed by atoms with Crippen LogP contribution < -0.4 is 0 Å². The molecule has 0 unspecified atom stereocenters. The van der Waals surface area contributed by atoms with Crippen LogP contribution in [0.3, 0.4) is 0 Å². The Balaban J connectivity index is 2.43. The molecule has 15 heavy (non-hydrogen) atoms. The molecule has 0 spiro atoms. The van der Waals surface area contributed by atoms with Gasteiger partial charge >= 0.3 is 11.8 Å². The average molecular weight is 235 g/mol. The number of nitrogens with zero attached hydrogens (tertiary/aromatic N) is 2. The molecule has 0 aliphatic carbocycles. The molecule has 1 aromatic rings. The zero-order valence-corrected chi connectivity index (χ0v) is 8.39. The van der Waals surface area contributed by atoms with E-state index in [1.54, 1.807) is 6.92 Å². The second-order valence-electron chi connectivity index (χ2n) is 3.33. The van der Waals surface area contributed by atoms with Crippen LogP contribution in [-0.4, -0.2) is 6.18 Å². The van der Waals surface area contributed by atoms with Crippen molar-refractivity contribution >= 4 is 11.6 Å². The largest absolute Gasteiger partial charge is 0.442 e. The van der Waals surface area contributed by atoms with Crippen molar-refractivity contribution in [1.82, 2.24) is 0 Å². The molecular weight excluding hydrogens is 229 g/mol. The normalized spacial score (nSPS) is 17.9. The van der Waals surface area contributed by atoms with E-state index in [1.807, 2.05) is 0 Å². The molecule has 1 aliphatic rings. The Bertz CT molecular complexity index is 433. The zero-order chi connectivity index (χ0) is 11.3. The number of halogens is 4. The van der Waals surface area contributed by atoms with Crippen molar-refractivity contribution in [2.75, 3.05) is 0 Å². The molecule has 0 radical (unpaired) electrons. The summed E-state index contributed by atoms with van der Waals surface area (Å²) in [6.07, 6.45) is -4.49. The van der Waals surface area contributed by atoms with Gasteiger partial charge in [0.1, 0.15) is 0 Å². The summed E-state index contributed by atoms with van der Waals surface area (Å²) in [6, 6.07) is 4.12. The van der Waals surface area contributed by atoms with Gasteiger partial charge in [-0.3, -0.25) is 0 Å². The first-order valence-electron chi connectivity index (χ1n) is 4.14. The van der Waals surface area contributed by atoms with Gasteiger partial charge in [0.2, 0.25) is 0 Å². The van der Waals surface area contributed by atoms with Gasteiger partial charge < -0.3 is 0 Å². The van der Waals surface area contributed by atoms with Crippen molar-refractivity contribution in [3.63, 3.8) is 0 Å². The van der Waals surface area contributed by atoms with Gasteiger partial charge in [-0.1, -0.05) is 23.7 Å². The molecule has 0 amide bonds. The minimum atomic E-state index is -4.49. The van der Waals surface area contributed by atoms with Gasteiger partial charge in [-0.2, -0.15) is 13.2 Å². The Labute approximate surface area is 88.8 Å². The van der Waals surface area contributed by atoms with Crippen LogP contribution in [0.2, 0.25) is 5.02 Å². The first-order chi connectivity index (χ1) is 6.87. The minimum Gasteiger partial charge on any atom is -0.166 e. The van der Waals surface area contributed by atoms with Gasteiger partial charge in [0.15, 0.2) is 0 Å². The maximum absolute atomic E-state index is 12.6. The summed E-state index contributed by atoms with van der Waals surface area (Å²) in [6.45, 7) is 1.72. The van der Waals surface area contributed by atoms with Crippen LogP contribution in [0.25, 0.3) is 0 Å². The van der Waals surface area contributed by atoms with Crippen molar-refractivity contribution in [3.05, 3.63) is 34.3 Å². The van der Waals surface area contributed by atoms with Gasteiger partial charge in [-0.15, -0.1) is 10.2 Å². The van der Waals surface area contributed by atoms with Crippen LogP contribution in [0.1, 0.15) is 11.1 Å². The van der Waals surface area contributed by atoms with E-state index in [1.165, 1.54) is 18.2 Å². The van der Waals surface area contributed by atoms with Crippen LogP contribution in [-0.2, 0) is 5.66 Å². The van der Waals surface area contributed by atoms with Crippen LogP contribution >= 0.6 is 11.6 Å². The summed E-state index contributed by atoms with van der Waals surface area (Å²) in [5.74, 6) is 0. The van der Waals surface area contributed by atoms with E-state index in [-0.39, 0.29) is 10.6 Å². The molecule has 0 aromatic heterocycles. The quantitative estimate of drug-likeness (QED) is 0.706. The van der Waals surface area contributed by atoms with Crippen LogP contribution in [0.15, 0.2) is 28.4 Å². The molecule has 2 rings (SSSR count). The Morgan fingerprint density at radius 1 is 1.27 bits per heavy atom. The van der Waals surface area contributed by atoms with Crippen molar-refractivity contribution < 1.29 is 13.2 Å². The number of hydrogen-bond donors (Lipinski definition) is 0. The van der Waals surface area contributed by atoms with Gasteiger partial charge in [0.05, 0.1) is 0 Å². The molecule has 1 aromatic carbocycles. The fourth-order valence-corrected chi connectivity index (χ4v) is 1.43. The van der Waals surface area contributed by atoms with E-state index >= 15 is 0 Å². The Morgan fingerprint density at radius 3 is 2.27 bits per heavy atom. The lowest BCUT2D eigenvalue weighted by molar-refractivity contribution is -0.166. The molecule has 1 aliphatic heterocycles. The summed E-state index contributed by atoms with van der Waals surface area (Å²) in [5.41, 5.74) is -1.69. The Hall–Kier alpha value is -1.10. The minimum absolute atomic E-state index is 0.0365. The Morgan fingerprint density at radius 2 is 1.87 bits per heavy atom. The van der Waals surface area contributed by atoms with E-state index in [4.69, 9.17) is 11.6 Å². The third kappa shape index (κ3) is 1.51. The topological polar surface area (TPSA) is 24.7 Å². The van der Waals surface area contributed by atoms with Gasteiger partial charge in [-0.25, -0.2) is 0 Å². The molecule has 1 heterocycles. The lowest BCUT2D eigenvalue weighted by Crippen LogP contribution is -2.30. The summed E-state index contributed by atoms with van der Waals surface area (Å²) in [7, 11) is 0. The molecule has 0 bridgehead atoms. The SMILES string of the molecule is Cc1ccc(C2(C(F)(F)F)N=N2)cc1Cl. The first kappa shape index (κ1) is 10.4. The molecule has 0 fully saturated rings. The highest BCUT2D eigenvalue weighted by Crippen LogP contribution is 2.52. The Kier molecular flexibility index (Phi) is 2.05. The van der Waals surface area contributed by atoms with Crippen molar-refractivity contribution in [2.24, 2.45) is 10.2 Å². The monoisotopic (exact) mass is 234 g/mol. The molecule has 2 nitrogen and oxygen atoms in total. The molecule has 80 valence electrons. The van der Waals surface area contributed by atoms with Crippen LogP contribution in [0.4, 0.5) is 13.2 Å². The number of hydrogen-bond acceptors (Lipinski definition) is 2. The lowest BCUT2D eigenvalue weighted by Gasteiger charge is -2.15. The summed E-state index contributed by atoms with van der Waals surface area (Å²) < 4.78 is 37.7. The second kappa shape index (κ2) is 2.95. The third-order valence-electron chi connectivity index (χ3n) is 2.27. The van der Waals surface area contributed by atoms with Crippen molar-refractivity contribution in [1.29, 1.82) is 0 Å². The van der Waals surface area contributed by atoms with Gasteiger partial charge in [-0.05, 0) is 18.6 Å². The molecule has 6 heteroatoms. The van der Waals surface area contributed by atoms with Gasteiger partial charge in [0.25, 0.3) is 0 Å². The second-order valence-corrected chi connectivity index (χ2v) is 3.74. The first-order valence-corrected chi connectivity index (χ1v) is 4.52. The van der Waals surface area contributed by atoms with E-state index in [9.17, 15) is 13.2 Å². The molecule has 0 saturated carbocycles. The van der Waals surface area contributed by atoms with E-state index in [0.29, 0.717) is 0 Å². The highest BCUT2D eigenvalue weighted by atomic mass is 35.5. The standard InChI is InChI=1S/C9H6ClF3N2/c1-5-2-3-6(4-7(5)10)8(14-15-8)9(11,12)13/h2-4H,1H3. The summed E-state index contributed by atoms with van der Waals surface area (Å²) in [5, 5.41) is 6.46. The fourth-order valence-electron chi connectivity index (χ4n) is 1.25. The maximum atomic E-state index is 12.6. The number of alkyl halides is 3. The van der Waals surface area contributed by atoms with Crippen LogP contribution in [0.5, 0.6) is 0 Å². The lowest BCUT2D eigenvalue weighted by atomic mass is 10.0. The predicted octanol–water partition coefficient (Wildman–Crippen LogP) is 3.83. The number of aryl methyl sites for hydroxylation is 1. The maximum Gasteiger partial charge on any atom is 0.442 e. The van der Waals surface area contributed by atoms with Crippen LogP contribution in [0, 0.1) is 6.92 Å². The molecular formula is C9H6ClF3N2. The molecule has 0 atom stereocenters. The smallest absolute Gasteiger partial charge is 0.166 e. The number of rotatable bonds is 1. The fraction of sp³-hybridized carbons (Fsp3) is 0.333. The zero-order valence-electron chi connectivity index (χ0n) is 7.64. The third-order valence-corrected chi connectivity index (χ3v) is 2.68. The van der Waals surface area contributed by atoms with Crippen molar-refractivity contribution in [2.45, 2.75) is 18.8 Å². The highest BCUT2D eigenvalue weighted by molar-refractivity contribution is 6.31. The van der Waals surface area contributed by atoms with Gasteiger partial charge in [0, 0.05) is 10.6 Å². The highest BCUT2D eigenvalue weighted by Gasteiger charge is 2.65. The van der Waals surface area contributed by atoms with Crippen molar-refractivity contribution in [3.8, 4) is 0 Å².